The van der Waals surface area contributed by atoms with Crippen LogP contribution >= 0.6 is 12.4 Å². The Labute approximate surface area is 140 Å². The Morgan fingerprint density at radius 1 is 0.957 bits per heavy atom. The molecule has 0 spiro atoms. The molecule has 23 heavy (non-hydrogen) atoms. The number of furan rings is 1. The predicted octanol–water partition coefficient (Wildman–Crippen LogP) is 5.10. The van der Waals surface area contributed by atoms with E-state index in [9.17, 15) is 0 Å². The van der Waals surface area contributed by atoms with Gasteiger partial charge in [0.25, 0.3) is 0 Å². The van der Waals surface area contributed by atoms with Crippen LogP contribution in [0.25, 0.3) is 22.1 Å². The maximum absolute atomic E-state index is 5.97. The van der Waals surface area contributed by atoms with Crippen LogP contribution in [-0.4, -0.2) is 9.97 Å². The number of benzene rings is 2. The number of aryl methyl sites for hydroxylation is 1. The van der Waals surface area contributed by atoms with Gasteiger partial charge >= 0.3 is 0 Å². The molecule has 4 aromatic rings. The third kappa shape index (κ3) is 2.73. The van der Waals surface area contributed by atoms with E-state index in [-0.39, 0.29) is 12.4 Å². The van der Waals surface area contributed by atoms with Gasteiger partial charge in [-0.1, -0.05) is 37.3 Å². The molecule has 116 valence electrons. The molecule has 5 heteroatoms. The third-order valence-electron chi connectivity index (χ3n) is 3.62. The largest absolute Gasteiger partial charge is 0.450 e. The molecule has 0 radical (unpaired) electrons. The molecule has 4 rings (SSSR count). The van der Waals surface area contributed by atoms with Crippen molar-refractivity contribution in [3.63, 3.8) is 0 Å². The van der Waals surface area contributed by atoms with E-state index in [2.05, 4.69) is 22.2 Å². The molecule has 0 saturated carbocycles. The molecule has 2 aromatic heterocycles. The van der Waals surface area contributed by atoms with E-state index < -0.39 is 0 Å². The number of rotatable bonds is 3. The van der Waals surface area contributed by atoms with Gasteiger partial charge < -0.3 is 9.73 Å². The van der Waals surface area contributed by atoms with Crippen LogP contribution in [0.15, 0.2) is 59.0 Å². The quantitative estimate of drug-likeness (QED) is 0.569. The maximum Gasteiger partial charge on any atom is 0.196 e. The lowest BCUT2D eigenvalue weighted by molar-refractivity contribution is 0.666. The van der Waals surface area contributed by atoms with Gasteiger partial charge in [0.05, 0.1) is 0 Å². The summed E-state index contributed by atoms with van der Waals surface area (Å²) in [5.74, 6) is 1.52. The van der Waals surface area contributed by atoms with Gasteiger partial charge in [-0.25, -0.2) is 9.97 Å². The number of hydrogen-bond acceptors (Lipinski definition) is 4. The van der Waals surface area contributed by atoms with Crippen LogP contribution in [0.4, 0.5) is 11.5 Å². The van der Waals surface area contributed by atoms with Crippen molar-refractivity contribution < 1.29 is 4.42 Å². The minimum Gasteiger partial charge on any atom is -0.450 e. The van der Waals surface area contributed by atoms with Gasteiger partial charge in [0.15, 0.2) is 11.4 Å². The van der Waals surface area contributed by atoms with E-state index in [1.54, 1.807) is 0 Å². The molecule has 0 amide bonds. The second-order valence-electron chi connectivity index (χ2n) is 5.11. The first-order valence-electron chi connectivity index (χ1n) is 7.35. The summed E-state index contributed by atoms with van der Waals surface area (Å²) in [6.45, 7) is 2.05. The molecule has 0 aliphatic heterocycles. The number of halogens is 1. The zero-order valence-electron chi connectivity index (χ0n) is 12.6. The average Bonchev–Trinajstić information content (AvgIpc) is 2.95. The Morgan fingerprint density at radius 3 is 2.48 bits per heavy atom. The van der Waals surface area contributed by atoms with Gasteiger partial charge in [-0.05, 0) is 24.3 Å². The van der Waals surface area contributed by atoms with Gasteiger partial charge in [-0.3, -0.25) is 0 Å². The summed E-state index contributed by atoms with van der Waals surface area (Å²) in [5.41, 5.74) is 3.37. The first-order valence-corrected chi connectivity index (χ1v) is 7.35. The van der Waals surface area contributed by atoms with Crippen LogP contribution in [-0.2, 0) is 6.42 Å². The summed E-state index contributed by atoms with van der Waals surface area (Å²) < 4.78 is 5.97. The van der Waals surface area contributed by atoms with Crippen LogP contribution in [0, 0.1) is 0 Å². The first kappa shape index (κ1) is 15.3. The van der Waals surface area contributed by atoms with Crippen molar-refractivity contribution in [2.75, 3.05) is 5.32 Å². The lowest BCUT2D eigenvalue weighted by Crippen LogP contribution is -1.99. The summed E-state index contributed by atoms with van der Waals surface area (Å²) in [6.07, 6.45) is 0.777. The van der Waals surface area contributed by atoms with Crippen molar-refractivity contribution in [2.24, 2.45) is 0 Å². The third-order valence-corrected chi connectivity index (χ3v) is 3.62. The van der Waals surface area contributed by atoms with Gasteiger partial charge in [0.2, 0.25) is 0 Å². The van der Waals surface area contributed by atoms with Gasteiger partial charge in [0, 0.05) is 17.5 Å². The fraction of sp³-hybridized carbons (Fsp3) is 0.111. The normalized spacial score (nSPS) is 10.7. The number of nitrogens with one attached hydrogen (secondary N) is 1. The van der Waals surface area contributed by atoms with Crippen LogP contribution < -0.4 is 5.32 Å². The van der Waals surface area contributed by atoms with Gasteiger partial charge in [-0.15, -0.1) is 12.4 Å². The average molecular weight is 326 g/mol. The van der Waals surface area contributed by atoms with Crippen LogP contribution in [0.3, 0.4) is 0 Å². The lowest BCUT2D eigenvalue weighted by atomic mass is 10.2. The SMILES string of the molecule is CCc1nc(Nc2ccccc2)c2oc3ccccc3c2n1.Cl. The number of anilines is 2. The number of hydrogen-bond donors (Lipinski definition) is 1. The molecule has 4 nitrogen and oxygen atoms in total. The zero-order chi connectivity index (χ0) is 14.9. The molecule has 2 heterocycles. The first-order chi connectivity index (χ1) is 10.8. The van der Waals surface area contributed by atoms with E-state index in [1.165, 1.54) is 0 Å². The van der Waals surface area contributed by atoms with Crippen molar-refractivity contribution in [1.82, 2.24) is 9.97 Å². The lowest BCUT2D eigenvalue weighted by Gasteiger charge is -2.07. The highest BCUT2D eigenvalue weighted by Crippen LogP contribution is 2.32. The van der Waals surface area contributed by atoms with Crippen molar-refractivity contribution in [2.45, 2.75) is 13.3 Å². The van der Waals surface area contributed by atoms with Gasteiger partial charge in [-0.2, -0.15) is 0 Å². The summed E-state index contributed by atoms with van der Waals surface area (Å²) in [4.78, 5) is 9.23. The fourth-order valence-corrected chi connectivity index (χ4v) is 2.54. The molecule has 0 unspecified atom stereocenters. The monoisotopic (exact) mass is 325 g/mol. The smallest absolute Gasteiger partial charge is 0.196 e. The van der Waals surface area contributed by atoms with Crippen molar-refractivity contribution in [3.8, 4) is 0 Å². The van der Waals surface area contributed by atoms with E-state index in [1.807, 2.05) is 54.6 Å². The Morgan fingerprint density at radius 2 is 1.70 bits per heavy atom. The highest BCUT2D eigenvalue weighted by Gasteiger charge is 2.15. The highest BCUT2D eigenvalue weighted by molar-refractivity contribution is 6.06. The maximum atomic E-state index is 5.97. The van der Waals surface area contributed by atoms with E-state index >= 15 is 0 Å². The minimum atomic E-state index is 0. The molecule has 0 atom stereocenters. The van der Waals surface area contributed by atoms with Crippen LogP contribution in [0.1, 0.15) is 12.7 Å². The van der Waals surface area contributed by atoms with Crippen molar-refractivity contribution in [3.05, 3.63) is 60.4 Å². The molecule has 0 aliphatic carbocycles. The summed E-state index contributed by atoms with van der Waals surface area (Å²) in [6, 6.07) is 17.9. The summed E-state index contributed by atoms with van der Waals surface area (Å²) in [5, 5.41) is 4.36. The topological polar surface area (TPSA) is 51.0 Å². The second kappa shape index (κ2) is 6.26. The van der Waals surface area contributed by atoms with E-state index in [0.717, 1.165) is 34.4 Å². The fourth-order valence-electron chi connectivity index (χ4n) is 2.54. The molecule has 1 N–H and O–H groups in total. The Bertz CT molecular complexity index is 950. The summed E-state index contributed by atoms with van der Waals surface area (Å²) >= 11 is 0. The van der Waals surface area contributed by atoms with Crippen LogP contribution in [0.5, 0.6) is 0 Å². The molecule has 2 aromatic carbocycles. The number of aromatic nitrogens is 2. The molecular weight excluding hydrogens is 310 g/mol. The molecule has 0 fully saturated rings. The molecule has 0 aliphatic rings. The van der Waals surface area contributed by atoms with Crippen molar-refractivity contribution >= 4 is 46.0 Å². The highest BCUT2D eigenvalue weighted by atomic mass is 35.5. The zero-order valence-corrected chi connectivity index (χ0v) is 13.4. The second-order valence-corrected chi connectivity index (χ2v) is 5.11. The number of fused-ring (bicyclic) bond motifs is 3. The molecule has 0 saturated heterocycles. The van der Waals surface area contributed by atoms with Crippen molar-refractivity contribution in [1.29, 1.82) is 0 Å². The molecule has 0 bridgehead atoms. The number of para-hydroxylation sites is 2. The Balaban J connectivity index is 0.00000156. The summed E-state index contributed by atoms with van der Waals surface area (Å²) in [7, 11) is 0. The standard InChI is InChI=1S/C18H15N3O.ClH/c1-2-15-20-16-13-10-6-7-11-14(13)22-17(16)18(21-15)19-12-8-4-3-5-9-12;/h3-11H,2H2,1H3,(H,19,20,21);1H. The Kier molecular flexibility index (Phi) is 4.17. The predicted molar refractivity (Wildman–Crippen MR) is 95.7 cm³/mol. The number of nitrogens with zero attached hydrogens (tertiary/aromatic N) is 2. The van der Waals surface area contributed by atoms with E-state index in [4.69, 9.17) is 4.42 Å². The van der Waals surface area contributed by atoms with Crippen LogP contribution in [0.2, 0.25) is 0 Å². The van der Waals surface area contributed by atoms with Gasteiger partial charge in [0.1, 0.15) is 16.9 Å². The van der Waals surface area contributed by atoms with E-state index in [0.29, 0.717) is 11.4 Å². The minimum absolute atomic E-state index is 0. The Hall–Kier alpha value is -2.59. The molecular formula is C18H16ClN3O.